The highest BCUT2D eigenvalue weighted by molar-refractivity contribution is 9.10. The topological polar surface area (TPSA) is 33.7 Å². The lowest BCUT2D eigenvalue weighted by Crippen LogP contribution is -2.47. The molecule has 1 heterocycles. The quantitative estimate of drug-likeness (QED) is 0.746. The van der Waals surface area contributed by atoms with Gasteiger partial charge in [0, 0.05) is 37.8 Å². The maximum absolute atomic E-state index is 5.69. The van der Waals surface area contributed by atoms with Crippen molar-refractivity contribution in [1.29, 1.82) is 0 Å². The van der Waals surface area contributed by atoms with Crippen LogP contribution in [0.15, 0.2) is 16.6 Å². The molecule has 4 nitrogen and oxygen atoms in total. The van der Waals surface area contributed by atoms with Gasteiger partial charge in [-0.3, -0.25) is 4.90 Å². The molecule has 1 N–H and O–H groups in total. The molecule has 0 bridgehead atoms. The standard InChI is InChI=1S/C17H25BrN2O2.2ClH/c1-21-15-11-14(18)16(22-2)10-13(15)17(12-4-3-5-12)20-8-6-19-7-9-20;;/h10-12,17,19H,3-9H2,1-2H3;2*1H/t17-;;/m0../s1. The SMILES string of the molecule is COc1cc([C@H](C2CCC2)N2CCNCC2)c(OC)cc1Br.Cl.Cl. The van der Waals surface area contributed by atoms with E-state index in [0.717, 1.165) is 48.1 Å². The van der Waals surface area contributed by atoms with Gasteiger partial charge >= 0.3 is 0 Å². The van der Waals surface area contributed by atoms with Crippen LogP contribution in [0.2, 0.25) is 0 Å². The highest BCUT2D eigenvalue weighted by Gasteiger charge is 2.35. The zero-order valence-corrected chi connectivity index (χ0v) is 17.4. The van der Waals surface area contributed by atoms with Crippen LogP contribution >= 0.6 is 40.7 Å². The summed E-state index contributed by atoms with van der Waals surface area (Å²) in [5, 5.41) is 3.45. The molecule has 1 aromatic rings. The molecule has 1 saturated heterocycles. The Morgan fingerprint density at radius 1 is 1.08 bits per heavy atom. The van der Waals surface area contributed by atoms with Gasteiger partial charge in [0.15, 0.2) is 0 Å². The Morgan fingerprint density at radius 3 is 2.21 bits per heavy atom. The Morgan fingerprint density at radius 2 is 1.71 bits per heavy atom. The molecule has 0 amide bonds. The highest BCUT2D eigenvalue weighted by atomic mass is 79.9. The van der Waals surface area contributed by atoms with Crippen molar-refractivity contribution in [1.82, 2.24) is 10.2 Å². The van der Waals surface area contributed by atoms with Crippen molar-refractivity contribution in [2.24, 2.45) is 5.92 Å². The van der Waals surface area contributed by atoms with E-state index >= 15 is 0 Å². The first-order valence-corrected chi connectivity index (χ1v) is 8.90. The average molecular weight is 442 g/mol. The zero-order valence-electron chi connectivity index (χ0n) is 14.2. The molecule has 1 aromatic carbocycles. The minimum Gasteiger partial charge on any atom is -0.496 e. The molecule has 2 aliphatic rings. The molecule has 1 saturated carbocycles. The minimum absolute atomic E-state index is 0. The van der Waals surface area contributed by atoms with Gasteiger partial charge in [-0.05, 0) is 46.8 Å². The maximum atomic E-state index is 5.69. The fourth-order valence-corrected chi connectivity index (χ4v) is 4.06. The number of hydrogen-bond acceptors (Lipinski definition) is 4. The number of nitrogens with one attached hydrogen (secondary N) is 1. The predicted molar refractivity (Wildman–Crippen MR) is 106 cm³/mol. The number of benzene rings is 1. The second-order valence-corrected chi connectivity index (χ2v) is 7.00. The van der Waals surface area contributed by atoms with Crippen molar-refractivity contribution in [2.45, 2.75) is 25.3 Å². The smallest absolute Gasteiger partial charge is 0.133 e. The minimum atomic E-state index is 0. The monoisotopic (exact) mass is 440 g/mol. The van der Waals surface area contributed by atoms with Gasteiger partial charge in [-0.1, -0.05) is 6.42 Å². The van der Waals surface area contributed by atoms with Crippen molar-refractivity contribution in [3.8, 4) is 11.5 Å². The van der Waals surface area contributed by atoms with Gasteiger partial charge < -0.3 is 14.8 Å². The zero-order chi connectivity index (χ0) is 15.5. The number of rotatable bonds is 5. The summed E-state index contributed by atoms with van der Waals surface area (Å²) in [6.45, 7) is 4.34. The highest BCUT2D eigenvalue weighted by Crippen LogP contribution is 2.46. The predicted octanol–water partition coefficient (Wildman–Crippen LogP) is 4.06. The summed E-state index contributed by atoms with van der Waals surface area (Å²) in [5.41, 5.74) is 1.27. The summed E-state index contributed by atoms with van der Waals surface area (Å²) >= 11 is 3.57. The molecule has 0 aromatic heterocycles. The molecule has 2 fully saturated rings. The summed E-state index contributed by atoms with van der Waals surface area (Å²) in [4.78, 5) is 2.62. The lowest BCUT2D eigenvalue weighted by Gasteiger charge is -2.43. The van der Waals surface area contributed by atoms with E-state index in [4.69, 9.17) is 9.47 Å². The van der Waals surface area contributed by atoms with Gasteiger partial charge in [0.25, 0.3) is 0 Å². The van der Waals surface area contributed by atoms with Crippen molar-refractivity contribution in [3.63, 3.8) is 0 Å². The largest absolute Gasteiger partial charge is 0.496 e. The van der Waals surface area contributed by atoms with E-state index in [9.17, 15) is 0 Å². The van der Waals surface area contributed by atoms with Crippen LogP contribution in [0.3, 0.4) is 0 Å². The third-order valence-corrected chi connectivity index (χ3v) is 5.58. The molecule has 1 atom stereocenters. The van der Waals surface area contributed by atoms with Crippen LogP contribution in [-0.2, 0) is 0 Å². The fourth-order valence-electron chi connectivity index (χ4n) is 3.58. The van der Waals surface area contributed by atoms with Gasteiger partial charge in [0.05, 0.1) is 18.7 Å². The molecule has 138 valence electrons. The molecular formula is C17H27BrCl2N2O2. The number of hydrogen-bond donors (Lipinski definition) is 1. The Hall–Kier alpha value is -0.200. The summed E-state index contributed by atoms with van der Waals surface area (Å²) in [5.74, 6) is 2.58. The Bertz CT molecular complexity index is 524. The molecule has 3 rings (SSSR count). The van der Waals surface area contributed by atoms with Gasteiger partial charge in [0.2, 0.25) is 0 Å². The average Bonchev–Trinajstić information content (AvgIpc) is 2.51. The maximum Gasteiger partial charge on any atom is 0.133 e. The molecule has 0 spiro atoms. The molecule has 7 heteroatoms. The van der Waals surface area contributed by atoms with Crippen LogP contribution in [-0.4, -0.2) is 45.3 Å². The van der Waals surface area contributed by atoms with Crippen LogP contribution in [0, 0.1) is 5.92 Å². The van der Waals surface area contributed by atoms with Crippen molar-refractivity contribution in [2.75, 3.05) is 40.4 Å². The Balaban J connectivity index is 0.00000144. The van der Waals surface area contributed by atoms with Gasteiger partial charge in [-0.25, -0.2) is 0 Å². The van der Waals surface area contributed by atoms with Gasteiger partial charge in [-0.2, -0.15) is 0 Å². The van der Waals surface area contributed by atoms with Crippen LogP contribution < -0.4 is 14.8 Å². The lowest BCUT2D eigenvalue weighted by molar-refractivity contribution is 0.0817. The summed E-state index contributed by atoms with van der Waals surface area (Å²) < 4.78 is 12.2. The van der Waals surface area contributed by atoms with E-state index < -0.39 is 0 Å². The Labute approximate surface area is 165 Å². The van der Waals surface area contributed by atoms with E-state index in [1.165, 1.54) is 24.8 Å². The second-order valence-electron chi connectivity index (χ2n) is 6.15. The molecule has 1 aliphatic heterocycles. The van der Waals surface area contributed by atoms with E-state index in [2.05, 4.69) is 32.2 Å². The number of piperazine rings is 1. The van der Waals surface area contributed by atoms with Crippen molar-refractivity contribution < 1.29 is 9.47 Å². The fraction of sp³-hybridized carbons (Fsp3) is 0.647. The molecule has 24 heavy (non-hydrogen) atoms. The normalized spacial score (nSPS) is 19.5. The number of methoxy groups -OCH3 is 2. The second kappa shape index (κ2) is 10.1. The molecule has 0 unspecified atom stereocenters. The summed E-state index contributed by atoms with van der Waals surface area (Å²) in [6.07, 6.45) is 3.98. The van der Waals surface area contributed by atoms with E-state index in [0.29, 0.717) is 6.04 Å². The van der Waals surface area contributed by atoms with E-state index in [1.54, 1.807) is 14.2 Å². The van der Waals surface area contributed by atoms with Crippen LogP contribution in [0.4, 0.5) is 0 Å². The van der Waals surface area contributed by atoms with Crippen LogP contribution in [0.25, 0.3) is 0 Å². The van der Waals surface area contributed by atoms with Crippen LogP contribution in [0.5, 0.6) is 11.5 Å². The van der Waals surface area contributed by atoms with Crippen molar-refractivity contribution in [3.05, 3.63) is 22.2 Å². The number of nitrogens with zero attached hydrogens (tertiary/aromatic N) is 1. The first kappa shape index (κ1) is 21.8. The number of halogens is 3. The van der Waals surface area contributed by atoms with E-state index in [-0.39, 0.29) is 24.8 Å². The molecular weight excluding hydrogens is 415 g/mol. The van der Waals surface area contributed by atoms with Gasteiger partial charge in [-0.15, -0.1) is 24.8 Å². The first-order chi connectivity index (χ1) is 10.7. The molecule has 1 aliphatic carbocycles. The van der Waals surface area contributed by atoms with Crippen molar-refractivity contribution >= 4 is 40.7 Å². The van der Waals surface area contributed by atoms with E-state index in [1.807, 2.05) is 6.07 Å². The molecule has 0 radical (unpaired) electrons. The third kappa shape index (κ3) is 4.50. The summed E-state index contributed by atoms with van der Waals surface area (Å²) in [7, 11) is 3.48. The lowest BCUT2D eigenvalue weighted by atomic mass is 9.76. The Kier molecular flexibility index (Phi) is 9.17. The first-order valence-electron chi connectivity index (χ1n) is 8.10. The number of ether oxygens (including phenoxy) is 2. The van der Waals surface area contributed by atoms with Gasteiger partial charge in [0.1, 0.15) is 11.5 Å². The third-order valence-electron chi connectivity index (χ3n) is 4.96. The van der Waals surface area contributed by atoms with Crippen LogP contribution in [0.1, 0.15) is 30.9 Å². The summed E-state index contributed by atoms with van der Waals surface area (Å²) in [6, 6.07) is 4.64.